The van der Waals surface area contributed by atoms with Gasteiger partial charge in [-0.2, -0.15) is 0 Å². The first-order valence-corrected chi connectivity index (χ1v) is 8.11. The van der Waals surface area contributed by atoms with Crippen molar-refractivity contribution in [1.29, 1.82) is 0 Å². The quantitative estimate of drug-likeness (QED) is 0.859. The van der Waals surface area contributed by atoms with Crippen molar-refractivity contribution in [2.75, 3.05) is 18.6 Å². The summed E-state index contributed by atoms with van der Waals surface area (Å²) < 4.78 is 23.4. The maximum absolute atomic E-state index is 11.1. The molecule has 1 aliphatic heterocycles. The molecule has 16 heavy (non-hydrogen) atoms. The van der Waals surface area contributed by atoms with Gasteiger partial charge in [0.1, 0.15) is 0 Å². The van der Waals surface area contributed by atoms with Gasteiger partial charge in [-0.1, -0.05) is 23.2 Å². The van der Waals surface area contributed by atoms with Gasteiger partial charge >= 0.3 is 0 Å². The predicted octanol–water partition coefficient (Wildman–Crippen LogP) is 2.28. The van der Waals surface area contributed by atoms with E-state index in [0.717, 1.165) is 5.56 Å². The number of sulfone groups is 1. The Hall–Kier alpha value is 0.190. The van der Waals surface area contributed by atoms with Crippen LogP contribution in [0.3, 0.4) is 0 Å². The first-order chi connectivity index (χ1) is 7.37. The molecule has 1 saturated heterocycles. The molecule has 0 spiro atoms. The van der Waals surface area contributed by atoms with Gasteiger partial charge in [0.15, 0.2) is 9.84 Å². The van der Waals surface area contributed by atoms with E-state index in [0.29, 0.717) is 15.2 Å². The summed E-state index contributed by atoms with van der Waals surface area (Å²) in [6.45, 7) is 0.641. The third-order valence-corrected chi connectivity index (χ3v) is 6.02. The van der Waals surface area contributed by atoms with E-state index in [9.17, 15) is 8.42 Å². The van der Waals surface area contributed by atoms with Crippen molar-refractivity contribution < 1.29 is 8.42 Å². The molecule has 0 atom stereocenters. The summed E-state index contributed by atoms with van der Waals surface area (Å²) in [5.74, 6) is 0.498. The third kappa shape index (κ3) is 2.71. The second kappa shape index (κ2) is 4.46. The predicted molar refractivity (Wildman–Crippen MR) is 68.2 cm³/mol. The van der Waals surface area contributed by atoms with Gasteiger partial charge in [-0.15, -0.1) is 11.3 Å². The van der Waals surface area contributed by atoms with Gasteiger partial charge in [-0.05, 0) is 18.7 Å². The fourth-order valence-electron chi connectivity index (χ4n) is 1.67. The second-order valence-electron chi connectivity index (χ2n) is 4.00. The van der Waals surface area contributed by atoms with E-state index in [1.807, 2.05) is 18.0 Å². The molecule has 90 valence electrons. The third-order valence-electron chi connectivity index (χ3n) is 2.66. The number of thiophene rings is 1. The average Bonchev–Trinajstić information content (AvgIpc) is 2.41. The molecule has 1 aromatic rings. The maximum atomic E-state index is 11.1. The molecule has 0 aliphatic carbocycles. The molecule has 7 heteroatoms. The Morgan fingerprint density at radius 1 is 1.50 bits per heavy atom. The van der Waals surface area contributed by atoms with Gasteiger partial charge in [0.05, 0.1) is 20.2 Å². The number of hydrogen-bond donors (Lipinski definition) is 0. The first kappa shape index (κ1) is 12.6. The Kier molecular flexibility index (Phi) is 3.52. The van der Waals surface area contributed by atoms with E-state index in [-0.39, 0.29) is 17.5 Å². The lowest BCUT2D eigenvalue weighted by Crippen LogP contribution is -2.51. The van der Waals surface area contributed by atoms with Crippen LogP contribution in [0.5, 0.6) is 0 Å². The summed E-state index contributed by atoms with van der Waals surface area (Å²) in [5, 5.41) is 0. The molecule has 1 aromatic heterocycles. The minimum absolute atomic E-state index is 0.111. The molecule has 3 nitrogen and oxygen atoms in total. The van der Waals surface area contributed by atoms with Gasteiger partial charge in [0.2, 0.25) is 0 Å². The summed E-state index contributed by atoms with van der Waals surface area (Å²) in [6.07, 6.45) is 0. The molecule has 0 unspecified atom stereocenters. The molecular formula is C9H11Cl2NO2S2. The number of nitrogens with zero attached hydrogens (tertiary/aromatic N) is 1. The zero-order chi connectivity index (χ0) is 11.9. The fraction of sp³-hybridized carbons (Fsp3) is 0.556. The molecule has 1 aliphatic rings. The first-order valence-electron chi connectivity index (χ1n) is 4.72. The molecule has 0 amide bonds. The van der Waals surface area contributed by atoms with Crippen LogP contribution in [-0.4, -0.2) is 37.9 Å². The van der Waals surface area contributed by atoms with Crippen LogP contribution in [0.2, 0.25) is 8.67 Å². The Bertz CT molecular complexity index is 486. The van der Waals surface area contributed by atoms with E-state index in [1.54, 1.807) is 0 Å². The van der Waals surface area contributed by atoms with E-state index >= 15 is 0 Å². The molecule has 0 aromatic carbocycles. The van der Waals surface area contributed by atoms with Gasteiger partial charge in [0.25, 0.3) is 0 Å². The van der Waals surface area contributed by atoms with Crippen LogP contribution in [0.15, 0.2) is 6.07 Å². The summed E-state index contributed by atoms with van der Waals surface area (Å²) in [4.78, 5) is 2.01. The van der Waals surface area contributed by atoms with Crippen LogP contribution in [0, 0.1) is 0 Å². The molecule has 0 radical (unpaired) electrons. The average molecular weight is 300 g/mol. The normalized spacial score (nSPS) is 20.0. The van der Waals surface area contributed by atoms with Gasteiger partial charge in [-0.3, -0.25) is 4.90 Å². The van der Waals surface area contributed by atoms with Crippen molar-refractivity contribution in [3.8, 4) is 0 Å². The minimum Gasteiger partial charge on any atom is -0.297 e. The highest BCUT2D eigenvalue weighted by Gasteiger charge is 2.36. The zero-order valence-corrected chi connectivity index (χ0v) is 11.8. The fourth-order valence-corrected chi connectivity index (χ4v) is 4.73. The van der Waals surface area contributed by atoms with E-state index in [2.05, 4.69) is 0 Å². The maximum Gasteiger partial charge on any atom is 0.153 e. The summed E-state index contributed by atoms with van der Waals surface area (Å²) in [5.41, 5.74) is 0.962. The second-order valence-corrected chi connectivity index (χ2v) is 8.43. The van der Waals surface area contributed by atoms with Crippen molar-refractivity contribution in [1.82, 2.24) is 4.90 Å². The van der Waals surface area contributed by atoms with Crippen molar-refractivity contribution >= 4 is 44.4 Å². The minimum atomic E-state index is -2.77. The van der Waals surface area contributed by atoms with Crippen molar-refractivity contribution in [2.45, 2.75) is 12.6 Å². The van der Waals surface area contributed by atoms with Crippen LogP contribution in [0.25, 0.3) is 0 Å². The molecule has 2 rings (SSSR count). The van der Waals surface area contributed by atoms with Crippen molar-refractivity contribution in [3.05, 3.63) is 20.3 Å². The van der Waals surface area contributed by atoms with Crippen molar-refractivity contribution in [2.24, 2.45) is 0 Å². The Balaban J connectivity index is 1.98. The van der Waals surface area contributed by atoms with Gasteiger partial charge in [-0.25, -0.2) is 8.42 Å². The number of halogens is 2. The Morgan fingerprint density at radius 3 is 2.56 bits per heavy atom. The number of hydrogen-bond acceptors (Lipinski definition) is 4. The van der Waals surface area contributed by atoms with E-state index < -0.39 is 9.84 Å². The summed E-state index contributed by atoms with van der Waals surface area (Å²) in [7, 11) is -0.867. The SMILES string of the molecule is CN(Cc1cc(Cl)sc1Cl)C1CS(=O)(=O)C1. The van der Waals surface area contributed by atoms with Gasteiger partial charge < -0.3 is 0 Å². The molecule has 0 saturated carbocycles. The van der Waals surface area contributed by atoms with Crippen molar-refractivity contribution in [3.63, 3.8) is 0 Å². The summed E-state index contributed by atoms with van der Waals surface area (Å²) >= 11 is 13.2. The highest BCUT2D eigenvalue weighted by Crippen LogP contribution is 2.32. The molecule has 2 heterocycles. The largest absolute Gasteiger partial charge is 0.297 e. The lowest BCUT2D eigenvalue weighted by Gasteiger charge is -2.34. The van der Waals surface area contributed by atoms with Crippen LogP contribution >= 0.6 is 34.5 Å². The lowest BCUT2D eigenvalue weighted by molar-refractivity contribution is 0.255. The molecular weight excluding hydrogens is 289 g/mol. The molecule has 0 bridgehead atoms. The van der Waals surface area contributed by atoms with Gasteiger partial charge in [0, 0.05) is 12.6 Å². The van der Waals surface area contributed by atoms with Crippen LogP contribution in [0.1, 0.15) is 5.56 Å². The summed E-state index contributed by atoms with van der Waals surface area (Å²) in [6, 6.07) is 1.94. The number of rotatable bonds is 3. The Morgan fingerprint density at radius 2 is 2.12 bits per heavy atom. The monoisotopic (exact) mass is 299 g/mol. The van der Waals surface area contributed by atoms with E-state index in [1.165, 1.54) is 11.3 Å². The van der Waals surface area contributed by atoms with Crippen LogP contribution in [0.4, 0.5) is 0 Å². The zero-order valence-electron chi connectivity index (χ0n) is 8.61. The highest BCUT2D eigenvalue weighted by atomic mass is 35.5. The van der Waals surface area contributed by atoms with Crippen LogP contribution < -0.4 is 0 Å². The molecule has 1 fully saturated rings. The highest BCUT2D eigenvalue weighted by molar-refractivity contribution is 7.92. The standard InChI is InChI=1S/C9H11Cl2NO2S2/c1-12(7-4-16(13,14)5-7)3-6-2-8(10)15-9(6)11/h2,7H,3-5H2,1H3. The smallest absolute Gasteiger partial charge is 0.153 e. The van der Waals surface area contributed by atoms with Crippen LogP contribution in [-0.2, 0) is 16.4 Å². The molecule has 0 N–H and O–H groups in total. The topological polar surface area (TPSA) is 37.4 Å². The Labute approximate surface area is 109 Å². The van der Waals surface area contributed by atoms with E-state index in [4.69, 9.17) is 23.2 Å². The lowest BCUT2D eigenvalue weighted by atomic mass is 10.2.